The zero-order chi connectivity index (χ0) is 39.9. The average molecular weight is 756 g/mol. The van der Waals surface area contributed by atoms with Crippen molar-refractivity contribution in [2.75, 3.05) is 0 Å². The Morgan fingerprint density at radius 2 is 1.62 bits per heavy atom. The summed E-state index contributed by atoms with van der Waals surface area (Å²) in [7, 11) is 0. The van der Waals surface area contributed by atoms with Crippen LogP contribution in [0.2, 0.25) is 0 Å². The number of carbonyl (C=O) groups is 7. The Morgan fingerprint density at radius 1 is 0.945 bits per heavy atom. The van der Waals surface area contributed by atoms with E-state index in [0.717, 1.165) is 23.7 Å². The number of amides is 1. The number of ether oxygens (including phenoxy) is 1. The molecule has 3 saturated heterocycles. The predicted octanol–water partition coefficient (Wildman–Crippen LogP) is 2.62. The van der Waals surface area contributed by atoms with Gasteiger partial charge in [0, 0.05) is 23.4 Å². The Balaban J connectivity index is 1.39. The van der Waals surface area contributed by atoms with Crippen molar-refractivity contribution in [3.8, 4) is 0 Å². The van der Waals surface area contributed by atoms with E-state index in [2.05, 4.69) is 5.32 Å². The van der Waals surface area contributed by atoms with E-state index < -0.39 is 122 Å². The molecule has 14 atom stereocenters. The largest absolute Gasteiger partial charge is 0.504 e. The molecule has 290 valence electrons. The number of ketones is 6. The summed E-state index contributed by atoms with van der Waals surface area (Å²) in [5.74, 6) is -13.8. The molecule has 1 saturated carbocycles. The van der Waals surface area contributed by atoms with E-state index in [9.17, 15) is 34.5 Å². The molecule has 55 heavy (non-hydrogen) atoms. The number of fused-ring (bicyclic) bond motifs is 9. The highest BCUT2D eigenvalue weighted by Gasteiger charge is 2.99. The molecular formula is C42H45NO12. The van der Waals surface area contributed by atoms with Crippen LogP contribution >= 0.6 is 0 Å². The van der Waals surface area contributed by atoms with Gasteiger partial charge in [0.25, 0.3) is 5.78 Å². The molecule has 3 aliphatic heterocycles. The van der Waals surface area contributed by atoms with E-state index in [1.807, 2.05) is 46.8 Å². The molecule has 1 amide bonds. The van der Waals surface area contributed by atoms with E-state index in [0.29, 0.717) is 6.42 Å². The first-order valence-electron chi connectivity index (χ1n) is 19.2. The van der Waals surface area contributed by atoms with Crippen LogP contribution in [-0.2, 0) is 38.9 Å². The standard InChI is InChI=1S/C42H45NO12/c1-15(2)10-23-27-18(5)17(4)12-20-11-16(3)8-9-24(44)29(46)25-26(32(49)39(20,27)37(52)43-23)35-41-33(50)30(47)28(45)19(6)40(41,34(25)55-35)38(7)22-14-54-13-21(22)31(48)42(41,53)36(38)51/h11-15,18,20,23-27,34-35,44-45,53H,8-10H2,1-7H3,(H,43,52). The molecule has 14 unspecified atom stereocenters. The average Bonchev–Trinajstić information content (AvgIpc) is 3.93. The van der Waals surface area contributed by atoms with Gasteiger partial charge in [-0.05, 0) is 64.4 Å². The number of allylic oxidation sites excluding steroid dienone is 5. The maximum Gasteiger partial charge on any atom is 0.263 e. The molecule has 5 aliphatic carbocycles. The van der Waals surface area contributed by atoms with Gasteiger partial charge >= 0.3 is 0 Å². The number of furan rings is 1. The molecule has 13 heteroatoms. The summed E-state index contributed by atoms with van der Waals surface area (Å²) in [5, 5.41) is 39.3. The summed E-state index contributed by atoms with van der Waals surface area (Å²) in [6.45, 7) is 12.4. The molecule has 1 aromatic heterocycles. The normalized spacial score (nSPS) is 47.1. The number of rotatable bonds is 2. The van der Waals surface area contributed by atoms with Crippen molar-refractivity contribution in [3.63, 3.8) is 0 Å². The van der Waals surface area contributed by atoms with Crippen LogP contribution in [0.1, 0.15) is 83.7 Å². The number of nitrogens with one attached hydrogen (secondary N) is 1. The van der Waals surface area contributed by atoms with E-state index >= 15 is 14.4 Å². The molecule has 13 nitrogen and oxygen atoms in total. The Kier molecular flexibility index (Phi) is 7.09. The van der Waals surface area contributed by atoms with E-state index in [-0.39, 0.29) is 41.4 Å². The van der Waals surface area contributed by atoms with Crippen LogP contribution in [0.3, 0.4) is 0 Å². The van der Waals surface area contributed by atoms with E-state index in [1.54, 1.807) is 0 Å². The minimum absolute atomic E-state index is 0.0426. The molecule has 4 heterocycles. The third-order valence-electron chi connectivity index (χ3n) is 15.7. The molecule has 4 fully saturated rings. The lowest BCUT2D eigenvalue weighted by atomic mass is 9.38. The van der Waals surface area contributed by atoms with Gasteiger partial charge in [0.15, 0.2) is 23.1 Å². The first-order chi connectivity index (χ1) is 25.8. The van der Waals surface area contributed by atoms with Gasteiger partial charge in [0.1, 0.15) is 23.2 Å². The van der Waals surface area contributed by atoms with Gasteiger partial charge in [-0.15, -0.1) is 0 Å². The van der Waals surface area contributed by atoms with Gasteiger partial charge in [-0.1, -0.05) is 44.1 Å². The van der Waals surface area contributed by atoms with E-state index in [1.165, 1.54) is 13.8 Å². The van der Waals surface area contributed by atoms with Gasteiger partial charge in [-0.3, -0.25) is 33.6 Å². The maximum atomic E-state index is 16.3. The van der Waals surface area contributed by atoms with Crippen molar-refractivity contribution >= 4 is 40.6 Å². The van der Waals surface area contributed by atoms with Crippen molar-refractivity contribution in [1.29, 1.82) is 0 Å². The monoisotopic (exact) mass is 755 g/mol. The minimum atomic E-state index is -3.33. The van der Waals surface area contributed by atoms with Crippen molar-refractivity contribution in [1.82, 2.24) is 5.32 Å². The first-order valence-corrected chi connectivity index (χ1v) is 19.2. The molecule has 0 aromatic carbocycles. The zero-order valence-corrected chi connectivity index (χ0v) is 31.7. The van der Waals surface area contributed by atoms with Crippen molar-refractivity contribution in [2.45, 2.75) is 103 Å². The van der Waals surface area contributed by atoms with Crippen LogP contribution in [0, 0.1) is 51.8 Å². The molecule has 4 bridgehead atoms. The molecular weight excluding hydrogens is 710 g/mol. The lowest BCUT2D eigenvalue weighted by Gasteiger charge is -2.57. The first kappa shape index (κ1) is 36.3. The molecule has 4 N–H and O–H groups in total. The van der Waals surface area contributed by atoms with Gasteiger partial charge in [0.05, 0.1) is 46.7 Å². The molecule has 8 aliphatic rings. The number of aliphatic hydroxyl groups excluding tert-OH is 2. The predicted molar refractivity (Wildman–Crippen MR) is 189 cm³/mol. The van der Waals surface area contributed by atoms with Crippen molar-refractivity contribution in [3.05, 3.63) is 58.3 Å². The SMILES string of the molecule is CC1=CC2C=C(C)C(C)C3C(CC(C)C)NC(=O)C23C(=O)C2C(C(=O)C(O)CC1)C1OC2C23C(=O)C(=O)C(O)=C(C)C12C1(C)C(=O)C3(O)C(=O)c2cocc21. The van der Waals surface area contributed by atoms with Crippen molar-refractivity contribution < 1.29 is 58.0 Å². The maximum absolute atomic E-state index is 16.3. The third-order valence-corrected chi connectivity index (χ3v) is 15.7. The van der Waals surface area contributed by atoms with Crippen LogP contribution < -0.4 is 5.32 Å². The Morgan fingerprint density at radius 3 is 2.29 bits per heavy atom. The highest BCUT2D eigenvalue weighted by Crippen LogP contribution is 2.83. The minimum Gasteiger partial charge on any atom is -0.504 e. The Hall–Kier alpha value is -4.33. The van der Waals surface area contributed by atoms with Crippen LogP contribution in [0.25, 0.3) is 0 Å². The molecule has 9 rings (SSSR count). The molecule has 0 radical (unpaired) electrons. The smallest absolute Gasteiger partial charge is 0.263 e. The lowest BCUT2D eigenvalue weighted by Crippen LogP contribution is -2.74. The summed E-state index contributed by atoms with van der Waals surface area (Å²) in [6.07, 6.45) is 1.16. The lowest BCUT2D eigenvalue weighted by molar-refractivity contribution is -0.175. The fourth-order valence-electron chi connectivity index (χ4n) is 13.6. The third kappa shape index (κ3) is 3.42. The van der Waals surface area contributed by atoms with Gasteiger partial charge in [-0.2, -0.15) is 0 Å². The van der Waals surface area contributed by atoms with Crippen molar-refractivity contribution in [2.24, 2.45) is 51.8 Å². The summed E-state index contributed by atoms with van der Waals surface area (Å²) in [5.41, 5.74) is -11.4. The number of aliphatic hydroxyl groups is 3. The van der Waals surface area contributed by atoms with Crippen LogP contribution in [0.15, 0.2) is 51.6 Å². The zero-order valence-electron chi connectivity index (χ0n) is 31.7. The second-order valence-electron chi connectivity index (χ2n) is 18.1. The van der Waals surface area contributed by atoms with Gasteiger partial charge in [-0.25, -0.2) is 0 Å². The number of hydrogen-bond acceptors (Lipinski definition) is 12. The summed E-state index contributed by atoms with van der Waals surface area (Å²) in [6, 6.07) is -0.483. The molecule has 1 aromatic rings. The number of carbonyl (C=O) groups excluding carboxylic acids is 7. The second kappa shape index (κ2) is 10.7. The van der Waals surface area contributed by atoms with E-state index in [4.69, 9.17) is 9.15 Å². The highest BCUT2D eigenvalue weighted by atomic mass is 16.5. The topological polar surface area (TPSA) is 215 Å². The summed E-state index contributed by atoms with van der Waals surface area (Å²) >= 11 is 0. The highest BCUT2D eigenvalue weighted by molar-refractivity contribution is 6.50. The Bertz CT molecular complexity index is 2210. The number of hydrogen-bond donors (Lipinski definition) is 4. The van der Waals surface area contributed by atoms with Crippen LogP contribution in [-0.4, -0.2) is 85.9 Å². The van der Waals surface area contributed by atoms with Gasteiger partial charge < -0.3 is 29.8 Å². The summed E-state index contributed by atoms with van der Waals surface area (Å²) < 4.78 is 12.1. The van der Waals surface area contributed by atoms with Crippen LogP contribution in [0.5, 0.6) is 0 Å². The fourth-order valence-corrected chi connectivity index (χ4v) is 13.6. The summed E-state index contributed by atoms with van der Waals surface area (Å²) in [4.78, 5) is 105. The quantitative estimate of drug-likeness (QED) is 0.195. The van der Waals surface area contributed by atoms with Gasteiger partial charge in [0.2, 0.25) is 23.1 Å². The molecule has 1 spiro atoms. The van der Waals surface area contributed by atoms with Crippen LogP contribution in [0.4, 0.5) is 0 Å². The Labute approximate surface area is 316 Å². The fraction of sp³-hybridized carbons (Fsp3) is 0.595. The number of Topliss-reactive ketones (excluding diaryl/α,β-unsaturated/α-hetero) is 6. The second-order valence-corrected chi connectivity index (χ2v) is 18.1.